The summed E-state index contributed by atoms with van der Waals surface area (Å²) in [4.78, 5) is 25.6. The summed E-state index contributed by atoms with van der Waals surface area (Å²) in [5.74, 6) is -1.97. The van der Waals surface area contributed by atoms with Crippen LogP contribution in [0.2, 0.25) is 0 Å². The van der Waals surface area contributed by atoms with Gasteiger partial charge in [-0.25, -0.2) is 9.59 Å². The Bertz CT molecular complexity index is 1240. The van der Waals surface area contributed by atoms with E-state index < -0.39 is 23.1 Å². The van der Waals surface area contributed by atoms with E-state index in [1.807, 2.05) is 6.08 Å². The van der Waals surface area contributed by atoms with E-state index in [1.165, 1.54) is 11.3 Å². The second-order valence-electron chi connectivity index (χ2n) is 10.0. The highest BCUT2D eigenvalue weighted by molar-refractivity contribution is 6.11. The first-order valence-corrected chi connectivity index (χ1v) is 11.9. The second-order valence-corrected chi connectivity index (χ2v) is 10.0. The first-order chi connectivity index (χ1) is 16.2. The third-order valence-electron chi connectivity index (χ3n) is 7.25. The quantitative estimate of drug-likeness (QED) is 0.293. The minimum atomic E-state index is -2.16. The van der Waals surface area contributed by atoms with Gasteiger partial charge in [0, 0.05) is 29.4 Å². The SMILES string of the molecule is CCn1cc(C)c2c1C(C(C)C)(C(C)C)C=CC2(N)N.O=C(O)C1(C(=O)O)C=c2ccccc2=N1. The zero-order valence-corrected chi connectivity index (χ0v) is 21.2. The number of carboxylic acids is 2. The van der Waals surface area contributed by atoms with Gasteiger partial charge in [0.05, 0.1) is 5.36 Å². The van der Waals surface area contributed by atoms with Gasteiger partial charge in [-0.2, -0.15) is 0 Å². The van der Waals surface area contributed by atoms with Crippen LogP contribution in [0.25, 0.3) is 6.08 Å². The molecule has 2 heterocycles. The molecule has 8 heteroatoms. The highest BCUT2D eigenvalue weighted by atomic mass is 16.4. The van der Waals surface area contributed by atoms with Gasteiger partial charge in [-0.15, -0.1) is 0 Å². The van der Waals surface area contributed by atoms with Crippen LogP contribution >= 0.6 is 0 Å². The minimum Gasteiger partial charge on any atom is -0.479 e. The third-order valence-corrected chi connectivity index (χ3v) is 7.25. The van der Waals surface area contributed by atoms with Gasteiger partial charge < -0.3 is 26.2 Å². The predicted octanol–water partition coefficient (Wildman–Crippen LogP) is 2.01. The molecule has 0 fully saturated rings. The lowest BCUT2D eigenvalue weighted by molar-refractivity contribution is -0.152. The molecule has 6 N–H and O–H groups in total. The van der Waals surface area contributed by atoms with Crippen molar-refractivity contribution < 1.29 is 19.8 Å². The Balaban J connectivity index is 0.000000203. The van der Waals surface area contributed by atoms with E-state index in [0.717, 1.165) is 18.2 Å². The molecule has 0 spiro atoms. The number of hydrogen-bond acceptors (Lipinski definition) is 5. The highest BCUT2D eigenvalue weighted by Gasteiger charge is 2.47. The Labute approximate surface area is 205 Å². The molecule has 4 rings (SSSR count). The Morgan fingerprint density at radius 2 is 1.60 bits per heavy atom. The smallest absolute Gasteiger partial charge is 0.347 e. The topological polar surface area (TPSA) is 144 Å². The lowest BCUT2D eigenvalue weighted by atomic mass is 9.62. The Hall–Kier alpha value is -3.23. The van der Waals surface area contributed by atoms with Gasteiger partial charge >= 0.3 is 11.9 Å². The molecule has 35 heavy (non-hydrogen) atoms. The van der Waals surface area contributed by atoms with E-state index in [4.69, 9.17) is 21.7 Å². The standard InChI is InChI=1S/C17H29N3.C10H7NO4/c1-7-20-10-13(6)14-15(20)16(11(2)3,12(4)5)8-9-17(14,18)19;12-8(13)10(9(14)15)5-6-3-1-2-4-7(6)11-10/h8-12H,7,18-19H2,1-6H3;1-5H,(H,12,13)(H,14,15). The monoisotopic (exact) mass is 480 g/mol. The van der Waals surface area contributed by atoms with Crippen LogP contribution in [-0.4, -0.2) is 32.3 Å². The zero-order chi connectivity index (χ0) is 26.3. The summed E-state index contributed by atoms with van der Waals surface area (Å²) in [5, 5.41) is 18.7. The molecule has 188 valence electrons. The van der Waals surface area contributed by atoms with Crippen molar-refractivity contribution in [3.63, 3.8) is 0 Å². The lowest BCUT2D eigenvalue weighted by Gasteiger charge is -2.45. The van der Waals surface area contributed by atoms with E-state index in [2.05, 4.69) is 63.4 Å². The Morgan fingerprint density at radius 1 is 1.03 bits per heavy atom. The molecule has 1 aliphatic heterocycles. The van der Waals surface area contributed by atoms with Gasteiger partial charge in [0.25, 0.3) is 5.54 Å². The van der Waals surface area contributed by atoms with E-state index in [0.29, 0.717) is 22.4 Å². The summed E-state index contributed by atoms with van der Waals surface area (Å²) >= 11 is 0. The van der Waals surface area contributed by atoms with Crippen LogP contribution in [0.15, 0.2) is 47.6 Å². The normalized spacial score (nSPS) is 18.1. The molecule has 0 saturated heterocycles. The molecule has 0 radical (unpaired) electrons. The molecule has 8 nitrogen and oxygen atoms in total. The number of carbonyl (C=O) groups is 2. The number of rotatable bonds is 5. The summed E-state index contributed by atoms with van der Waals surface area (Å²) in [6.07, 6.45) is 7.61. The first-order valence-electron chi connectivity index (χ1n) is 11.9. The number of nitrogens with two attached hydrogens (primary N) is 2. The molecular formula is C27H36N4O4. The van der Waals surface area contributed by atoms with Gasteiger partial charge in [-0.05, 0) is 54.7 Å². The molecular weight excluding hydrogens is 444 g/mol. The summed E-state index contributed by atoms with van der Waals surface area (Å²) in [5.41, 5.74) is 13.3. The van der Waals surface area contributed by atoms with Crippen LogP contribution in [0.5, 0.6) is 0 Å². The highest BCUT2D eigenvalue weighted by Crippen LogP contribution is 2.48. The van der Waals surface area contributed by atoms with E-state index in [9.17, 15) is 9.59 Å². The van der Waals surface area contributed by atoms with Gasteiger partial charge in [0.15, 0.2) is 0 Å². The molecule has 1 aliphatic carbocycles. The number of aliphatic carboxylic acids is 2. The number of benzene rings is 1. The van der Waals surface area contributed by atoms with Crippen LogP contribution in [0.4, 0.5) is 0 Å². The van der Waals surface area contributed by atoms with Crippen molar-refractivity contribution in [2.75, 3.05) is 0 Å². The van der Waals surface area contributed by atoms with Gasteiger partial charge in [-0.3, -0.25) is 4.99 Å². The number of hydrogen-bond donors (Lipinski definition) is 4. The largest absolute Gasteiger partial charge is 0.479 e. The molecule has 0 unspecified atom stereocenters. The molecule has 2 aliphatic rings. The van der Waals surface area contributed by atoms with Crippen LogP contribution in [0.3, 0.4) is 0 Å². The fraction of sp³-hybridized carbons (Fsp3) is 0.444. The number of nitrogens with zero attached hydrogens (tertiary/aromatic N) is 2. The molecule has 0 saturated carbocycles. The van der Waals surface area contributed by atoms with Crippen molar-refractivity contribution in [2.45, 2.75) is 64.7 Å². The average Bonchev–Trinajstić information content (AvgIpc) is 3.34. The summed E-state index contributed by atoms with van der Waals surface area (Å²) in [6, 6.07) is 6.59. The summed E-state index contributed by atoms with van der Waals surface area (Å²) in [7, 11) is 0. The van der Waals surface area contributed by atoms with E-state index >= 15 is 0 Å². The van der Waals surface area contributed by atoms with Crippen LogP contribution in [0.1, 0.15) is 51.4 Å². The van der Waals surface area contributed by atoms with Crippen molar-refractivity contribution in [2.24, 2.45) is 28.3 Å². The van der Waals surface area contributed by atoms with Crippen molar-refractivity contribution >= 4 is 18.0 Å². The lowest BCUT2D eigenvalue weighted by Crippen LogP contribution is -2.52. The molecule has 1 aromatic heterocycles. The predicted molar refractivity (Wildman–Crippen MR) is 135 cm³/mol. The number of aryl methyl sites for hydroxylation is 2. The van der Waals surface area contributed by atoms with Crippen molar-refractivity contribution in [3.05, 3.63) is 70.0 Å². The van der Waals surface area contributed by atoms with Gasteiger partial charge in [-0.1, -0.05) is 52.0 Å². The van der Waals surface area contributed by atoms with Crippen molar-refractivity contribution in [1.29, 1.82) is 0 Å². The van der Waals surface area contributed by atoms with Crippen molar-refractivity contribution in [3.8, 4) is 0 Å². The number of allylic oxidation sites excluding steroid dienone is 1. The fourth-order valence-corrected chi connectivity index (χ4v) is 5.46. The van der Waals surface area contributed by atoms with E-state index in [-0.39, 0.29) is 5.41 Å². The molecule has 0 bridgehead atoms. The third kappa shape index (κ3) is 4.10. The first kappa shape index (κ1) is 26.4. The van der Waals surface area contributed by atoms with Gasteiger partial charge in [0.2, 0.25) is 0 Å². The number of carboxylic acid groups (broad SMARTS) is 2. The van der Waals surface area contributed by atoms with E-state index in [1.54, 1.807) is 24.3 Å². The summed E-state index contributed by atoms with van der Waals surface area (Å²) in [6.45, 7) is 14.4. The maximum absolute atomic E-state index is 10.9. The molecule has 1 aromatic carbocycles. The summed E-state index contributed by atoms with van der Waals surface area (Å²) < 4.78 is 2.34. The number of fused-ring (bicyclic) bond motifs is 2. The van der Waals surface area contributed by atoms with Crippen LogP contribution in [-0.2, 0) is 27.2 Å². The van der Waals surface area contributed by atoms with Gasteiger partial charge in [0.1, 0.15) is 5.66 Å². The van der Waals surface area contributed by atoms with Crippen molar-refractivity contribution in [1.82, 2.24) is 4.57 Å². The van der Waals surface area contributed by atoms with Crippen LogP contribution < -0.4 is 22.0 Å². The second kappa shape index (κ2) is 9.09. The molecule has 0 atom stereocenters. The Kier molecular flexibility index (Phi) is 6.85. The maximum Gasteiger partial charge on any atom is 0.347 e. The fourth-order valence-electron chi connectivity index (χ4n) is 5.46. The minimum absolute atomic E-state index is 0.00183. The maximum atomic E-state index is 10.9. The van der Waals surface area contributed by atoms with Crippen LogP contribution in [0, 0.1) is 18.8 Å². The molecule has 0 amide bonds. The number of aromatic nitrogens is 1. The molecule has 2 aromatic rings. The Morgan fingerprint density at radius 3 is 2.09 bits per heavy atom. The number of para-hydroxylation sites is 1. The average molecular weight is 481 g/mol. The zero-order valence-electron chi connectivity index (χ0n) is 21.2.